The summed E-state index contributed by atoms with van der Waals surface area (Å²) in [5, 5.41) is 2.15. The summed E-state index contributed by atoms with van der Waals surface area (Å²) in [6.07, 6.45) is 2.25. The number of hydrogen-bond acceptors (Lipinski definition) is 4. The van der Waals surface area contributed by atoms with Gasteiger partial charge in [-0.25, -0.2) is 0 Å². The average Bonchev–Trinajstić information content (AvgIpc) is 3.02. The van der Waals surface area contributed by atoms with Gasteiger partial charge in [-0.05, 0) is 36.8 Å². The van der Waals surface area contributed by atoms with Crippen LogP contribution in [0.3, 0.4) is 0 Å². The van der Waals surface area contributed by atoms with Crippen LogP contribution in [-0.2, 0) is 4.74 Å². The highest BCUT2D eigenvalue weighted by molar-refractivity contribution is 7.10. The molecule has 1 aliphatic heterocycles. The second-order valence-electron chi connectivity index (χ2n) is 5.14. The first kappa shape index (κ1) is 14.0. The molecule has 1 aromatic heterocycles. The molecule has 102 valence electrons. The number of nitrogens with zero attached hydrogens (tertiary/aromatic N) is 1. The lowest BCUT2D eigenvalue weighted by Crippen LogP contribution is -2.39. The molecule has 3 atom stereocenters. The minimum absolute atomic E-state index is 0.227. The van der Waals surface area contributed by atoms with Crippen molar-refractivity contribution in [1.82, 2.24) is 4.90 Å². The van der Waals surface area contributed by atoms with E-state index in [0.29, 0.717) is 12.0 Å². The second-order valence-corrected chi connectivity index (χ2v) is 6.12. The molecular formula is C14H24N2OS. The third-order valence-electron chi connectivity index (χ3n) is 3.82. The van der Waals surface area contributed by atoms with Crippen molar-refractivity contribution >= 4 is 11.3 Å². The summed E-state index contributed by atoms with van der Waals surface area (Å²) in [7, 11) is 1.79. The van der Waals surface area contributed by atoms with E-state index in [2.05, 4.69) is 29.3 Å². The van der Waals surface area contributed by atoms with E-state index in [1.807, 2.05) is 11.3 Å². The van der Waals surface area contributed by atoms with Gasteiger partial charge in [0.2, 0.25) is 0 Å². The minimum Gasteiger partial charge on any atom is -0.384 e. The van der Waals surface area contributed by atoms with Crippen LogP contribution in [0.25, 0.3) is 0 Å². The molecule has 3 nitrogen and oxygen atoms in total. The Bertz CT molecular complexity index is 342. The number of hydrogen-bond donors (Lipinski definition) is 1. The molecule has 1 fully saturated rings. The van der Waals surface area contributed by atoms with Gasteiger partial charge in [0.1, 0.15) is 0 Å². The summed E-state index contributed by atoms with van der Waals surface area (Å²) in [6.45, 7) is 5.30. The Morgan fingerprint density at radius 2 is 2.44 bits per heavy atom. The molecule has 4 heteroatoms. The Balaban J connectivity index is 2.06. The molecule has 0 saturated carbocycles. The van der Waals surface area contributed by atoms with Crippen molar-refractivity contribution in [2.24, 2.45) is 11.7 Å². The summed E-state index contributed by atoms with van der Waals surface area (Å²) in [5.74, 6) is 0.668. The molecular weight excluding hydrogens is 244 g/mol. The van der Waals surface area contributed by atoms with E-state index in [0.717, 1.165) is 26.1 Å². The van der Waals surface area contributed by atoms with E-state index in [1.54, 1.807) is 7.11 Å². The number of thiophene rings is 1. The van der Waals surface area contributed by atoms with Crippen molar-refractivity contribution in [2.75, 3.05) is 26.8 Å². The Labute approximate surface area is 114 Å². The smallest absolute Gasteiger partial charge is 0.0593 e. The number of rotatable bonds is 6. The van der Waals surface area contributed by atoms with Gasteiger partial charge in [-0.1, -0.05) is 13.0 Å². The molecule has 0 amide bonds. The van der Waals surface area contributed by atoms with Gasteiger partial charge in [-0.3, -0.25) is 4.90 Å². The molecule has 18 heavy (non-hydrogen) atoms. The van der Waals surface area contributed by atoms with Crippen molar-refractivity contribution in [2.45, 2.75) is 31.8 Å². The molecule has 1 saturated heterocycles. The van der Waals surface area contributed by atoms with E-state index in [1.165, 1.54) is 11.3 Å². The summed E-state index contributed by atoms with van der Waals surface area (Å²) in [6, 6.07) is 4.95. The zero-order valence-electron chi connectivity index (χ0n) is 11.3. The predicted molar refractivity (Wildman–Crippen MR) is 76.9 cm³/mol. The third-order valence-corrected chi connectivity index (χ3v) is 4.77. The van der Waals surface area contributed by atoms with Gasteiger partial charge in [-0.15, -0.1) is 11.3 Å². The predicted octanol–water partition coefficient (Wildman–Crippen LogP) is 2.49. The van der Waals surface area contributed by atoms with Crippen molar-refractivity contribution in [3.8, 4) is 0 Å². The first-order valence-electron chi connectivity index (χ1n) is 6.78. The highest BCUT2D eigenvalue weighted by Gasteiger charge is 2.32. The lowest BCUT2D eigenvalue weighted by atomic mass is 10.0. The van der Waals surface area contributed by atoms with Crippen LogP contribution in [0.1, 0.15) is 30.7 Å². The van der Waals surface area contributed by atoms with Crippen LogP contribution in [0, 0.1) is 5.92 Å². The van der Waals surface area contributed by atoms with Gasteiger partial charge >= 0.3 is 0 Å². The van der Waals surface area contributed by atoms with Gasteiger partial charge < -0.3 is 10.5 Å². The quantitative estimate of drug-likeness (QED) is 0.861. The van der Waals surface area contributed by atoms with Crippen LogP contribution in [0.15, 0.2) is 17.5 Å². The Morgan fingerprint density at radius 1 is 1.61 bits per heavy atom. The molecule has 1 aliphatic rings. The highest BCUT2D eigenvalue weighted by Crippen LogP contribution is 2.33. The SMILES string of the molecule is CCC(N)C(c1cccs1)N1CCC(COC)C1. The normalized spacial score (nSPS) is 24.3. The fourth-order valence-corrected chi connectivity index (χ4v) is 3.77. The maximum absolute atomic E-state index is 6.34. The molecule has 0 aliphatic carbocycles. The number of nitrogens with two attached hydrogens (primary N) is 1. The molecule has 0 aromatic carbocycles. The standard InChI is InChI=1S/C14H24N2OS/c1-3-12(15)14(13-5-4-8-18-13)16-7-6-11(9-16)10-17-2/h4-5,8,11-12,14H,3,6-7,9-10,15H2,1-2H3. The fourth-order valence-electron chi connectivity index (χ4n) is 2.83. The molecule has 1 aromatic rings. The van der Waals surface area contributed by atoms with Crippen LogP contribution in [-0.4, -0.2) is 37.7 Å². The molecule has 2 N–H and O–H groups in total. The minimum atomic E-state index is 0.227. The van der Waals surface area contributed by atoms with E-state index in [-0.39, 0.29) is 6.04 Å². The summed E-state index contributed by atoms with van der Waals surface area (Å²) in [4.78, 5) is 3.95. The van der Waals surface area contributed by atoms with E-state index in [9.17, 15) is 0 Å². The number of methoxy groups -OCH3 is 1. The summed E-state index contributed by atoms with van der Waals surface area (Å²) < 4.78 is 5.28. The third kappa shape index (κ3) is 3.12. The molecule has 2 rings (SSSR count). The lowest BCUT2D eigenvalue weighted by molar-refractivity contribution is 0.142. The first-order valence-corrected chi connectivity index (χ1v) is 7.66. The van der Waals surface area contributed by atoms with Crippen molar-refractivity contribution in [3.05, 3.63) is 22.4 Å². The second kappa shape index (κ2) is 6.66. The van der Waals surface area contributed by atoms with Gasteiger partial charge in [0.05, 0.1) is 12.6 Å². The number of likely N-dealkylation sites (tertiary alicyclic amines) is 1. The molecule has 0 bridgehead atoms. The topological polar surface area (TPSA) is 38.5 Å². The van der Waals surface area contributed by atoms with E-state index in [4.69, 9.17) is 10.5 Å². The maximum Gasteiger partial charge on any atom is 0.0593 e. The van der Waals surface area contributed by atoms with Crippen molar-refractivity contribution in [3.63, 3.8) is 0 Å². The Morgan fingerprint density at radius 3 is 3.06 bits per heavy atom. The Hall–Kier alpha value is -0.420. The van der Waals surface area contributed by atoms with Gasteiger partial charge in [0, 0.05) is 24.6 Å². The zero-order chi connectivity index (χ0) is 13.0. The molecule has 0 radical (unpaired) electrons. The summed E-state index contributed by atoms with van der Waals surface area (Å²) in [5.41, 5.74) is 6.34. The monoisotopic (exact) mass is 268 g/mol. The fraction of sp³-hybridized carbons (Fsp3) is 0.714. The first-order chi connectivity index (χ1) is 8.76. The van der Waals surface area contributed by atoms with Crippen LogP contribution < -0.4 is 5.73 Å². The van der Waals surface area contributed by atoms with Crippen molar-refractivity contribution in [1.29, 1.82) is 0 Å². The summed E-state index contributed by atoms with van der Waals surface area (Å²) >= 11 is 1.82. The van der Waals surface area contributed by atoms with E-state index < -0.39 is 0 Å². The van der Waals surface area contributed by atoms with E-state index >= 15 is 0 Å². The average molecular weight is 268 g/mol. The van der Waals surface area contributed by atoms with Gasteiger partial charge in [0.25, 0.3) is 0 Å². The largest absolute Gasteiger partial charge is 0.384 e. The maximum atomic E-state index is 6.34. The van der Waals surface area contributed by atoms with Crippen LogP contribution in [0.4, 0.5) is 0 Å². The Kier molecular flexibility index (Phi) is 5.18. The van der Waals surface area contributed by atoms with Gasteiger partial charge in [0.15, 0.2) is 0 Å². The molecule has 0 spiro atoms. The lowest BCUT2D eigenvalue weighted by Gasteiger charge is -2.31. The number of ether oxygens (including phenoxy) is 1. The highest BCUT2D eigenvalue weighted by atomic mass is 32.1. The van der Waals surface area contributed by atoms with Crippen molar-refractivity contribution < 1.29 is 4.74 Å². The molecule has 2 heterocycles. The van der Waals surface area contributed by atoms with Crippen LogP contribution in [0.5, 0.6) is 0 Å². The molecule has 3 unspecified atom stereocenters. The van der Waals surface area contributed by atoms with Crippen LogP contribution >= 0.6 is 11.3 Å². The van der Waals surface area contributed by atoms with Gasteiger partial charge in [-0.2, -0.15) is 0 Å². The zero-order valence-corrected chi connectivity index (χ0v) is 12.2. The van der Waals surface area contributed by atoms with Crippen LogP contribution in [0.2, 0.25) is 0 Å².